The Bertz CT molecular complexity index is 990. The number of aliphatic hydroxyl groups is 1. The Morgan fingerprint density at radius 3 is 2.31 bits per heavy atom. The number of allylic oxidation sites excluding steroid dienone is 2. The van der Waals surface area contributed by atoms with Gasteiger partial charge in [-0.25, -0.2) is 4.39 Å². The first-order chi connectivity index (χ1) is 17.5. The molecule has 0 aromatic heterocycles. The Balaban J connectivity index is 1.21. The van der Waals surface area contributed by atoms with Gasteiger partial charge in [0.1, 0.15) is 0 Å². The monoisotopic (exact) mass is 496 g/mol. The van der Waals surface area contributed by atoms with Crippen LogP contribution in [0.2, 0.25) is 0 Å². The van der Waals surface area contributed by atoms with Crippen molar-refractivity contribution in [3.63, 3.8) is 0 Å². The quantitative estimate of drug-likeness (QED) is 0.263. The molecule has 1 saturated carbocycles. The molecule has 2 aliphatic carbocycles. The number of aryl methyl sites for hydroxylation is 1. The highest BCUT2D eigenvalue weighted by molar-refractivity contribution is 5.32. The molecule has 196 valence electrons. The Morgan fingerprint density at radius 1 is 0.917 bits per heavy atom. The second-order valence-corrected chi connectivity index (χ2v) is 11.0. The van der Waals surface area contributed by atoms with Crippen LogP contribution in [0.3, 0.4) is 0 Å². The van der Waals surface area contributed by atoms with Crippen LogP contribution in [0.15, 0.2) is 48.6 Å². The van der Waals surface area contributed by atoms with E-state index in [2.05, 4.69) is 43.3 Å². The zero-order valence-corrected chi connectivity index (χ0v) is 21.9. The molecule has 2 aliphatic rings. The van der Waals surface area contributed by atoms with E-state index in [1.165, 1.54) is 81.5 Å². The second-order valence-electron chi connectivity index (χ2n) is 11.0. The van der Waals surface area contributed by atoms with E-state index in [-0.39, 0.29) is 11.3 Å². The molecule has 2 aromatic rings. The van der Waals surface area contributed by atoms with Gasteiger partial charge in [0.2, 0.25) is 5.82 Å². The average molecular weight is 497 g/mol. The van der Waals surface area contributed by atoms with Crippen molar-refractivity contribution in [2.24, 2.45) is 17.8 Å². The Labute approximate surface area is 215 Å². The lowest BCUT2D eigenvalue weighted by Gasteiger charge is -2.35. The molecule has 0 spiro atoms. The summed E-state index contributed by atoms with van der Waals surface area (Å²) in [5, 5.41) is 9.50. The van der Waals surface area contributed by atoms with Crippen molar-refractivity contribution in [2.75, 3.05) is 6.61 Å². The third-order valence-corrected chi connectivity index (χ3v) is 8.40. The fourth-order valence-corrected chi connectivity index (χ4v) is 6.20. The minimum absolute atomic E-state index is 0.0576. The van der Waals surface area contributed by atoms with Gasteiger partial charge in [-0.1, -0.05) is 69.0 Å². The molecule has 4 heteroatoms. The minimum atomic E-state index is -1.06. The number of hydrogen-bond donors (Lipinski definition) is 1. The maximum atomic E-state index is 14.2. The first-order valence-electron chi connectivity index (χ1n) is 14.0. The van der Waals surface area contributed by atoms with E-state index in [0.29, 0.717) is 18.9 Å². The van der Waals surface area contributed by atoms with Crippen molar-refractivity contribution < 1.29 is 18.6 Å². The molecule has 1 N–H and O–H groups in total. The molecule has 1 fully saturated rings. The zero-order chi connectivity index (χ0) is 25.5. The number of aliphatic hydroxyl groups excluding tert-OH is 1. The third-order valence-electron chi connectivity index (χ3n) is 8.40. The van der Waals surface area contributed by atoms with Gasteiger partial charge in [0.25, 0.3) is 0 Å². The Hall–Kier alpha value is -2.20. The van der Waals surface area contributed by atoms with Gasteiger partial charge in [-0.3, -0.25) is 0 Å². The maximum Gasteiger partial charge on any atom is 0.200 e. The van der Waals surface area contributed by atoms with Gasteiger partial charge in [-0.15, -0.1) is 0 Å². The van der Waals surface area contributed by atoms with Crippen molar-refractivity contribution in [1.82, 2.24) is 0 Å². The molecule has 36 heavy (non-hydrogen) atoms. The summed E-state index contributed by atoms with van der Waals surface area (Å²) in [5.74, 6) is 0.959. The lowest BCUT2D eigenvalue weighted by molar-refractivity contribution is 0.191. The van der Waals surface area contributed by atoms with E-state index < -0.39 is 17.7 Å². The first kappa shape index (κ1) is 26.9. The average Bonchev–Trinajstić information content (AvgIpc) is 2.90. The van der Waals surface area contributed by atoms with Gasteiger partial charge >= 0.3 is 0 Å². The van der Waals surface area contributed by atoms with Crippen LogP contribution in [0.1, 0.15) is 100 Å². The molecular weight excluding hydrogens is 454 g/mol. The number of ether oxygens (including phenoxy) is 1. The Morgan fingerprint density at radius 2 is 1.67 bits per heavy atom. The molecule has 0 amide bonds. The highest BCUT2D eigenvalue weighted by Crippen LogP contribution is 2.41. The van der Waals surface area contributed by atoms with E-state index >= 15 is 0 Å². The lowest BCUT2D eigenvalue weighted by Crippen LogP contribution is -2.22. The van der Waals surface area contributed by atoms with Crippen molar-refractivity contribution in [1.29, 1.82) is 0 Å². The summed E-state index contributed by atoms with van der Waals surface area (Å²) >= 11 is 0. The van der Waals surface area contributed by atoms with Gasteiger partial charge in [0, 0.05) is 11.5 Å². The molecule has 0 saturated heterocycles. The molecule has 2 nitrogen and oxygen atoms in total. The largest absolute Gasteiger partial charge is 0.490 e. The molecule has 3 atom stereocenters. The third kappa shape index (κ3) is 6.76. The standard InChI is InChI=1S/C32H42F2O2/c1-3-5-23-7-11-25(12-8-23)27-15-17-28(18-16-27)26-13-9-24(10-14-26)6-4-21-36-30-20-19-29(22(2)35)31(33)32(30)34/h9-10,13-15,17,19-20,22-23,25,27-28,35H,3-8,11-12,16,18,21H2,1-2H3. The van der Waals surface area contributed by atoms with Crippen LogP contribution in [0.4, 0.5) is 8.78 Å². The van der Waals surface area contributed by atoms with E-state index in [0.717, 1.165) is 24.2 Å². The zero-order valence-electron chi connectivity index (χ0n) is 21.9. The second kappa shape index (κ2) is 12.9. The Kier molecular flexibility index (Phi) is 9.59. The van der Waals surface area contributed by atoms with Crippen LogP contribution >= 0.6 is 0 Å². The van der Waals surface area contributed by atoms with Gasteiger partial charge < -0.3 is 9.84 Å². The number of benzene rings is 2. The molecule has 2 aromatic carbocycles. The van der Waals surface area contributed by atoms with Crippen molar-refractivity contribution in [3.05, 3.63) is 76.9 Å². The van der Waals surface area contributed by atoms with Crippen molar-refractivity contribution in [2.45, 2.75) is 90.1 Å². The summed E-state index contributed by atoms with van der Waals surface area (Å²) < 4.78 is 33.6. The fraction of sp³-hybridized carbons (Fsp3) is 0.562. The predicted molar refractivity (Wildman–Crippen MR) is 142 cm³/mol. The van der Waals surface area contributed by atoms with Crippen LogP contribution in [0.5, 0.6) is 5.75 Å². The molecular formula is C32H42F2O2. The fourth-order valence-electron chi connectivity index (χ4n) is 6.20. The summed E-state index contributed by atoms with van der Waals surface area (Å²) in [6.07, 6.45) is 16.4. The molecule has 4 rings (SSSR count). The molecule has 0 aliphatic heterocycles. The van der Waals surface area contributed by atoms with Crippen LogP contribution in [-0.2, 0) is 6.42 Å². The van der Waals surface area contributed by atoms with Gasteiger partial charge in [0.05, 0.1) is 12.7 Å². The van der Waals surface area contributed by atoms with Crippen LogP contribution in [-0.4, -0.2) is 11.7 Å². The molecule has 0 heterocycles. The van der Waals surface area contributed by atoms with E-state index in [9.17, 15) is 13.9 Å². The number of halogens is 2. The topological polar surface area (TPSA) is 29.5 Å². The summed E-state index contributed by atoms with van der Waals surface area (Å²) in [7, 11) is 0. The normalized spacial score (nSPS) is 25.0. The maximum absolute atomic E-state index is 14.2. The summed E-state index contributed by atoms with van der Waals surface area (Å²) in [4.78, 5) is 0. The summed E-state index contributed by atoms with van der Waals surface area (Å²) in [6, 6.07) is 11.6. The van der Waals surface area contributed by atoms with Gasteiger partial charge in [-0.05, 0) is 86.5 Å². The summed E-state index contributed by atoms with van der Waals surface area (Å²) in [5.41, 5.74) is 2.55. The smallest absolute Gasteiger partial charge is 0.200 e. The van der Waals surface area contributed by atoms with E-state index in [1.54, 1.807) is 0 Å². The molecule has 3 unspecified atom stereocenters. The van der Waals surface area contributed by atoms with Crippen LogP contribution in [0.25, 0.3) is 0 Å². The number of hydrogen-bond acceptors (Lipinski definition) is 2. The SMILES string of the molecule is CCCC1CCC(C2C=CC(c3ccc(CCCOc4ccc(C(C)O)c(F)c4F)cc3)CC2)CC1. The highest BCUT2D eigenvalue weighted by atomic mass is 19.2. The highest BCUT2D eigenvalue weighted by Gasteiger charge is 2.28. The molecule has 0 radical (unpaired) electrons. The minimum Gasteiger partial charge on any atom is -0.490 e. The van der Waals surface area contributed by atoms with Gasteiger partial charge in [0.15, 0.2) is 11.6 Å². The van der Waals surface area contributed by atoms with Crippen molar-refractivity contribution >= 4 is 0 Å². The summed E-state index contributed by atoms with van der Waals surface area (Å²) in [6.45, 7) is 4.02. The van der Waals surface area contributed by atoms with Crippen molar-refractivity contribution in [3.8, 4) is 5.75 Å². The van der Waals surface area contributed by atoms with Gasteiger partial charge in [-0.2, -0.15) is 4.39 Å². The molecule has 0 bridgehead atoms. The van der Waals surface area contributed by atoms with E-state index in [1.807, 2.05) is 0 Å². The lowest BCUT2D eigenvalue weighted by atomic mass is 9.70. The van der Waals surface area contributed by atoms with Crippen LogP contribution in [0, 0.1) is 29.4 Å². The van der Waals surface area contributed by atoms with Crippen LogP contribution < -0.4 is 4.74 Å². The number of rotatable bonds is 10. The first-order valence-corrected chi connectivity index (χ1v) is 14.0. The predicted octanol–water partition coefficient (Wildman–Crippen LogP) is 8.69. The van der Waals surface area contributed by atoms with E-state index in [4.69, 9.17) is 4.74 Å².